The molecule has 0 fully saturated rings. The van der Waals surface area contributed by atoms with E-state index in [4.69, 9.17) is 10.5 Å². The maximum absolute atomic E-state index is 11.8. The molecule has 0 heterocycles. The Kier molecular flexibility index (Phi) is 6.08. The van der Waals surface area contributed by atoms with Gasteiger partial charge in [-0.25, -0.2) is 0 Å². The van der Waals surface area contributed by atoms with Crippen LogP contribution in [0.2, 0.25) is 0 Å². The van der Waals surface area contributed by atoms with Gasteiger partial charge in [-0.05, 0) is 12.1 Å². The Hall–Kier alpha value is -2.68. The van der Waals surface area contributed by atoms with Crippen LogP contribution in [0.5, 0.6) is 0 Å². The van der Waals surface area contributed by atoms with Gasteiger partial charge in [-0.1, -0.05) is 0 Å². The van der Waals surface area contributed by atoms with Gasteiger partial charge in [0.15, 0.2) is 0 Å². The molecule has 0 aliphatic rings. The average Bonchev–Trinajstić information content (AvgIpc) is 2.45. The zero-order valence-electron chi connectivity index (χ0n) is 11.4. The first-order chi connectivity index (χ1) is 9.95. The number of anilines is 1. The van der Waals surface area contributed by atoms with Crippen molar-refractivity contribution in [3.8, 4) is 0 Å². The highest BCUT2D eigenvalue weighted by atomic mass is 16.6. The quantitative estimate of drug-likeness (QED) is 0.347. The molecule has 0 aromatic heterocycles. The van der Waals surface area contributed by atoms with Crippen LogP contribution >= 0.6 is 0 Å². The molecule has 114 valence electrons. The maximum Gasteiger partial charge on any atom is 0.293 e. The topological polar surface area (TPSA) is 137 Å². The summed E-state index contributed by atoms with van der Waals surface area (Å²) < 4.78 is 4.87. The summed E-state index contributed by atoms with van der Waals surface area (Å²) >= 11 is 0. The summed E-state index contributed by atoms with van der Waals surface area (Å²) in [5, 5.41) is 16.1. The molecule has 0 radical (unpaired) electrons. The van der Waals surface area contributed by atoms with Crippen LogP contribution in [0.3, 0.4) is 0 Å². The van der Waals surface area contributed by atoms with E-state index in [1.807, 2.05) is 0 Å². The van der Waals surface area contributed by atoms with Gasteiger partial charge in [0.2, 0.25) is 5.91 Å². The van der Waals surface area contributed by atoms with Gasteiger partial charge in [0.25, 0.3) is 11.6 Å². The van der Waals surface area contributed by atoms with Crippen molar-refractivity contribution >= 4 is 23.2 Å². The Morgan fingerprint density at radius 1 is 1.43 bits per heavy atom. The smallest absolute Gasteiger partial charge is 0.293 e. The Labute approximate surface area is 120 Å². The average molecular weight is 296 g/mol. The Bertz CT molecular complexity index is 546. The van der Waals surface area contributed by atoms with Crippen molar-refractivity contribution in [3.05, 3.63) is 33.9 Å². The van der Waals surface area contributed by atoms with E-state index in [1.165, 1.54) is 18.2 Å². The SMILES string of the molecule is CNc1ccc(C(=O)NCCOCC(N)=O)cc1[N+](=O)[O-]. The normalized spacial score (nSPS) is 9.95. The lowest BCUT2D eigenvalue weighted by atomic mass is 10.1. The monoisotopic (exact) mass is 296 g/mol. The van der Waals surface area contributed by atoms with E-state index < -0.39 is 16.7 Å². The number of ether oxygens (including phenoxy) is 1. The fourth-order valence-corrected chi connectivity index (χ4v) is 1.55. The number of carbonyl (C=O) groups excluding carboxylic acids is 2. The van der Waals surface area contributed by atoms with Gasteiger partial charge in [-0.2, -0.15) is 0 Å². The fourth-order valence-electron chi connectivity index (χ4n) is 1.55. The van der Waals surface area contributed by atoms with Crippen molar-refractivity contribution in [1.29, 1.82) is 0 Å². The minimum atomic E-state index is -0.598. The number of hydrogen-bond donors (Lipinski definition) is 3. The lowest BCUT2D eigenvalue weighted by Crippen LogP contribution is -2.28. The molecule has 0 aliphatic heterocycles. The zero-order valence-corrected chi connectivity index (χ0v) is 11.4. The second kappa shape index (κ2) is 7.80. The summed E-state index contributed by atoms with van der Waals surface area (Å²) in [5.41, 5.74) is 5.18. The first-order valence-corrected chi connectivity index (χ1v) is 6.06. The standard InChI is InChI=1S/C12H16N4O5/c1-14-9-3-2-8(6-10(9)16(19)20)12(18)15-4-5-21-7-11(13)17/h2-3,6,14H,4-5,7H2,1H3,(H2,13,17)(H,15,18). The summed E-state index contributed by atoms with van der Waals surface area (Å²) in [6.45, 7) is 0.0528. The predicted octanol–water partition coefficient (Wildman–Crippen LogP) is -0.132. The summed E-state index contributed by atoms with van der Waals surface area (Å²) in [6, 6.07) is 4.11. The number of carbonyl (C=O) groups is 2. The van der Waals surface area contributed by atoms with Crippen molar-refractivity contribution in [1.82, 2.24) is 5.32 Å². The first-order valence-electron chi connectivity index (χ1n) is 6.06. The number of nitrogens with one attached hydrogen (secondary N) is 2. The van der Waals surface area contributed by atoms with E-state index in [1.54, 1.807) is 7.05 Å². The van der Waals surface area contributed by atoms with Gasteiger partial charge in [0.1, 0.15) is 12.3 Å². The van der Waals surface area contributed by atoms with Crippen LogP contribution in [0.15, 0.2) is 18.2 Å². The van der Waals surface area contributed by atoms with Crippen molar-refractivity contribution in [2.75, 3.05) is 32.1 Å². The van der Waals surface area contributed by atoms with Gasteiger partial charge in [0.05, 0.1) is 11.5 Å². The minimum Gasteiger partial charge on any atom is -0.383 e. The zero-order chi connectivity index (χ0) is 15.8. The minimum absolute atomic E-state index is 0.116. The van der Waals surface area contributed by atoms with Crippen LogP contribution in [-0.2, 0) is 9.53 Å². The van der Waals surface area contributed by atoms with Crippen molar-refractivity contribution in [2.24, 2.45) is 5.73 Å². The molecular weight excluding hydrogens is 280 g/mol. The van der Waals surface area contributed by atoms with Crippen LogP contribution in [-0.4, -0.2) is 43.5 Å². The number of amides is 2. The Balaban J connectivity index is 2.60. The molecule has 0 unspecified atom stereocenters. The number of benzene rings is 1. The largest absolute Gasteiger partial charge is 0.383 e. The Morgan fingerprint density at radius 3 is 2.71 bits per heavy atom. The molecule has 0 bridgehead atoms. The van der Waals surface area contributed by atoms with Gasteiger partial charge < -0.3 is 21.1 Å². The molecule has 1 rings (SSSR count). The molecule has 2 amide bonds. The van der Waals surface area contributed by atoms with E-state index in [0.717, 1.165) is 0 Å². The van der Waals surface area contributed by atoms with E-state index in [2.05, 4.69) is 10.6 Å². The number of nitro groups is 1. The molecule has 0 saturated carbocycles. The second-order valence-electron chi connectivity index (χ2n) is 4.01. The lowest BCUT2D eigenvalue weighted by Gasteiger charge is -2.07. The van der Waals surface area contributed by atoms with Crippen LogP contribution in [0, 0.1) is 10.1 Å². The summed E-state index contributed by atoms with van der Waals surface area (Å²) in [7, 11) is 1.55. The maximum atomic E-state index is 11.8. The molecule has 0 aliphatic carbocycles. The summed E-state index contributed by atoms with van der Waals surface area (Å²) in [6.07, 6.45) is 0. The van der Waals surface area contributed by atoms with E-state index >= 15 is 0 Å². The van der Waals surface area contributed by atoms with Gasteiger partial charge in [-0.3, -0.25) is 19.7 Å². The highest BCUT2D eigenvalue weighted by Crippen LogP contribution is 2.24. The fraction of sp³-hybridized carbons (Fsp3) is 0.333. The van der Waals surface area contributed by atoms with E-state index in [-0.39, 0.29) is 31.0 Å². The number of nitrogens with two attached hydrogens (primary N) is 1. The first kappa shape index (κ1) is 16.4. The number of nitro benzene ring substituents is 1. The summed E-state index contributed by atoms with van der Waals surface area (Å²) in [4.78, 5) is 32.6. The van der Waals surface area contributed by atoms with Crippen LogP contribution < -0.4 is 16.4 Å². The van der Waals surface area contributed by atoms with Gasteiger partial charge in [-0.15, -0.1) is 0 Å². The van der Waals surface area contributed by atoms with E-state index in [0.29, 0.717) is 5.69 Å². The summed E-state index contributed by atoms with van der Waals surface area (Å²) in [5.74, 6) is -1.07. The molecule has 0 atom stereocenters. The molecule has 0 saturated heterocycles. The van der Waals surface area contributed by atoms with Crippen LogP contribution in [0.4, 0.5) is 11.4 Å². The molecule has 1 aromatic rings. The molecule has 9 nitrogen and oxygen atoms in total. The highest BCUT2D eigenvalue weighted by Gasteiger charge is 2.16. The van der Waals surface area contributed by atoms with Gasteiger partial charge in [0, 0.05) is 25.2 Å². The van der Waals surface area contributed by atoms with Crippen LogP contribution in [0.1, 0.15) is 10.4 Å². The van der Waals surface area contributed by atoms with Gasteiger partial charge >= 0.3 is 0 Å². The third-order valence-corrected chi connectivity index (χ3v) is 2.50. The number of nitrogens with zero attached hydrogens (tertiary/aromatic N) is 1. The molecule has 21 heavy (non-hydrogen) atoms. The van der Waals surface area contributed by atoms with Crippen LogP contribution in [0.25, 0.3) is 0 Å². The second-order valence-corrected chi connectivity index (χ2v) is 4.01. The highest BCUT2D eigenvalue weighted by molar-refractivity contribution is 5.95. The number of primary amides is 1. The third kappa shape index (κ3) is 5.07. The molecule has 0 spiro atoms. The molecule has 9 heteroatoms. The third-order valence-electron chi connectivity index (χ3n) is 2.50. The predicted molar refractivity (Wildman–Crippen MR) is 75.0 cm³/mol. The Morgan fingerprint density at radius 2 is 2.14 bits per heavy atom. The van der Waals surface area contributed by atoms with Crippen molar-refractivity contribution in [2.45, 2.75) is 0 Å². The van der Waals surface area contributed by atoms with E-state index in [9.17, 15) is 19.7 Å². The number of hydrogen-bond acceptors (Lipinski definition) is 6. The molecule has 4 N–H and O–H groups in total. The molecule has 1 aromatic carbocycles. The lowest BCUT2D eigenvalue weighted by molar-refractivity contribution is -0.384. The van der Waals surface area contributed by atoms with Crippen molar-refractivity contribution < 1.29 is 19.2 Å². The number of rotatable bonds is 8. The van der Waals surface area contributed by atoms with Crippen molar-refractivity contribution in [3.63, 3.8) is 0 Å². The molecular formula is C12H16N4O5.